The van der Waals surface area contributed by atoms with Gasteiger partial charge in [-0.15, -0.1) is 0 Å². The number of amides is 1. The molecule has 6 nitrogen and oxygen atoms in total. The number of halogens is 1. The van der Waals surface area contributed by atoms with Crippen molar-refractivity contribution in [1.29, 1.82) is 0 Å². The number of hydrogen-bond acceptors (Lipinski definition) is 5. The maximum Gasteiger partial charge on any atom is 0.273 e. The number of carbonyl (C=O) groups excluding carboxylic acids is 1. The summed E-state index contributed by atoms with van der Waals surface area (Å²) in [6.07, 6.45) is 1.88. The summed E-state index contributed by atoms with van der Waals surface area (Å²) in [6.45, 7) is 1.21. The summed E-state index contributed by atoms with van der Waals surface area (Å²) < 4.78 is 19.3. The number of ether oxygens (including phenoxy) is 1. The summed E-state index contributed by atoms with van der Waals surface area (Å²) in [7, 11) is 0. The SMILES string of the molecule is Nc1cc(-c2ccccc2F)ccc1NC(=O)C1=NOC2(CCOCC2)C1. The lowest BCUT2D eigenvalue weighted by Gasteiger charge is -2.30. The number of nitrogens with two attached hydrogens (primary N) is 1. The predicted molar refractivity (Wildman–Crippen MR) is 101 cm³/mol. The lowest BCUT2D eigenvalue weighted by molar-refractivity contribution is -0.110. The molecule has 0 atom stereocenters. The molecule has 0 bridgehead atoms. The topological polar surface area (TPSA) is 85.9 Å². The van der Waals surface area contributed by atoms with Crippen LogP contribution in [0.2, 0.25) is 0 Å². The molecule has 2 aliphatic heterocycles. The molecule has 2 aromatic carbocycles. The van der Waals surface area contributed by atoms with Gasteiger partial charge in [0.05, 0.1) is 24.6 Å². The Morgan fingerprint density at radius 1 is 1.19 bits per heavy atom. The molecule has 4 rings (SSSR count). The van der Waals surface area contributed by atoms with Crippen molar-refractivity contribution < 1.29 is 18.8 Å². The Bertz CT molecular complexity index is 907. The third kappa shape index (κ3) is 3.50. The smallest absolute Gasteiger partial charge is 0.273 e. The van der Waals surface area contributed by atoms with Crippen LogP contribution in [0.15, 0.2) is 47.6 Å². The van der Waals surface area contributed by atoms with E-state index >= 15 is 0 Å². The highest BCUT2D eigenvalue weighted by Crippen LogP contribution is 2.34. The van der Waals surface area contributed by atoms with Gasteiger partial charge in [0.2, 0.25) is 0 Å². The molecule has 2 aromatic rings. The molecule has 27 heavy (non-hydrogen) atoms. The molecule has 7 heteroatoms. The van der Waals surface area contributed by atoms with E-state index < -0.39 is 5.60 Å². The molecule has 3 N–H and O–H groups in total. The summed E-state index contributed by atoms with van der Waals surface area (Å²) in [5.74, 6) is -0.670. The first-order valence-electron chi connectivity index (χ1n) is 8.85. The summed E-state index contributed by atoms with van der Waals surface area (Å²) in [4.78, 5) is 18.1. The van der Waals surface area contributed by atoms with Gasteiger partial charge >= 0.3 is 0 Å². The van der Waals surface area contributed by atoms with Gasteiger partial charge in [-0.3, -0.25) is 4.79 Å². The molecule has 0 aromatic heterocycles. The molecular formula is C20H20FN3O3. The summed E-state index contributed by atoms with van der Waals surface area (Å²) in [6, 6.07) is 11.5. The largest absolute Gasteiger partial charge is 0.397 e. The van der Waals surface area contributed by atoms with Gasteiger partial charge in [0.1, 0.15) is 17.1 Å². The molecular weight excluding hydrogens is 349 g/mol. The lowest BCUT2D eigenvalue weighted by Crippen LogP contribution is -2.37. The molecule has 140 valence electrons. The van der Waals surface area contributed by atoms with Crippen LogP contribution in [0, 0.1) is 5.82 Å². The third-order valence-electron chi connectivity index (χ3n) is 4.99. The van der Waals surface area contributed by atoms with Crippen molar-refractivity contribution in [3.8, 4) is 11.1 Å². The second kappa shape index (κ2) is 7.00. The zero-order valence-corrected chi connectivity index (χ0v) is 14.7. The van der Waals surface area contributed by atoms with Crippen LogP contribution < -0.4 is 11.1 Å². The van der Waals surface area contributed by atoms with Crippen LogP contribution in [0.5, 0.6) is 0 Å². The van der Waals surface area contributed by atoms with Gasteiger partial charge in [0, 0.05) is 24.8 Å². The Kier molecular flexibility index (Phi) is 4.53. The average molecular weight is 369 g/mol. The van der Waals surface area contributed by atoms with E-state index in [9.17, 15) is 9.18 Å². The van der Waals surface area contributed by atoms with E-state index in [1.165, 1.54) is 6.07 Å². The van der Waals surface area contributed by atoms with Crippen LogP contribution in [0.3, 0.4) is 0 Å². The van der Waals surface area contributed by atoms with E-state index in [0.29, 0.717) is 60.7 Å². The van der Waals surface area contributed by atoms with Gasteiger partial charge in [0.25, 0.3) is 5.91 Å². The monoisotopic (exact) mass is 369 g/mol. The molecule has 2 heterocycles. The summed E-state index contributed by atoms with van der Waals surface area (Å²) in [5.41, 5.74) is 7.89. The van der Waals surface area contributed by atoms with Crippen molar-refractivity contribution in [3.63, 3.8) is 0 Å². The minimum absolute atomic E-state index is 0.326. The van der Waals surface area contributed by atoms with E-state index in [2.05, 4.69) is 10.5 Å². The van der Waals surface area contributed by atoms with Gasteiger partial charge in [0.15, 0.2) is 0 Å². The first-order valence-corrected chi connectivity index (χ1v) is 8.85. The maximum atomic E-state index is 13.9. The highest BCUT2D eigenvalue weighted by atomic mass is 19.1. The summed E-state index contributed by atoms with van der Waals surface area (Å²) >= 11 is 0. The Balaban J connectivity index is 1.47. The zero-order chi connectivity index (χ0) is 18.9. The quantitative estimate of drug-likeness (QED) is 0.813. The fourth-order valence-corrected chi connectivity index (χ4v) is 3.39. The number of hydrogen-bond donors (Lipinski definition) is 2. The van der Waals surface area contributed by atoms with Crippen LogP contribution in [-0.2, 0) is 14.4 Å². The summed E-state index contributed by atoms with van der Waals surface area (Å²) in [5, 5.41) is 6.74. The fraction of sp³-hybridized carbons (Fsp3) is 0.300. The first-order chi connectivity index (χ1) is 13.1. The van der Waals surface area contributed by atoms with Gasteiger partial charge in [-0.1, -0.05) is 29.4 Å². The van der Waals surface area contributed by atoms with Crippen molar-refractivity contribution in [1.82, 2.24) is 0 Å². The molecule has 2 aliphatic rings. The zero-order valence-electron chi connectivity index (χ0n) is 14.7. The minimum Gasteiger partial charge on any atom is -0.397 e. The van der Waals surface area contributed by atoms with Crippen LogP contribution in [0.25, 0.3) is 11.1 Å². The Hall–Kier alpha value is -2.93. The molecule has 1 saturated heterocycles. The second-order valence-electron chi connectivity index (χ2n) is 6.84. The maximum absolute atomic E-state index is 13.9. The Morgan fingerprint density at radius 2 is 1.96 bits per heavy atom. The molecule has 1 fully saturated rings. The minimum atomic E-state index is -0.425. The lowest BCUT2D eigenvalue weighted by atomic mass is 9.89. The molecule has 0 radical (unpaired) electrons. The molecule has 1 amide bonds. The number of rotatable bonds is 3. The average Bonchev–Trinajstić information content (AvgIpc) is 3.08. The van der Waals surface area contributed by atoms with Crippen molar-refractivity contribution in [3.05, 3.63) is 48.3 Å². The number of nitrogen functional groups attached to an aromatic ring is 1. The Morgan fingerprint density at radius 3 is 2.70 bits per heavy atom. The fourth-order valence-electron chi connectivity index (χ4n) is 3.39. The number of nitrogens with zero attached hydrogens (tertiary/aromatic N) is 1. The van der Waals surface area contributed by atoms with E-state index in [1.54, 1.807) is 36.4 Å². The van der Waals surface area contributed by atoms with Gasteiger partial charge in [-0.25, -0.2) is 4.39 Å². The number of carbonyl (C=O) groups is 1. The molecule has 0 aliphatic carbocycles. The first kappa shape index (κ1) is 17.5. The van der Waals surface area contributed by atoms with Crippen molar-refractivity contribution in [2.75, 3.05) is 24.3 Å². The van der Waals surface area contributed by atoms with E-state index in [-0.39, 0.29) is 11.7 Å². The van der Waals surface area contributed by atoms with E-state index in [0.717, 1.165) is 0 Å². The Labute approximate surface area is 156 Å². The highest BCUT2D eigenvalue weighted by Gasteiger charge is 2.42. The van der Waals surface area contributed by atoms with Gasteiger partial charge < -0.3 is 20.6 Å². The number of anilines is 2. The normalized spacial score (nSPS) is 18.0. The molecule has 0 saturated carbocycles. The van der Waals surface area contributed by atoms with Crippen LogP contribution >= 0.6 is 0 Å². The highest BCUT2D eigenvalue weighted by molar-refractivity contribution is 6.43. The van der Waals surface area contributed by atoms with E-state index in [1.807, 2.05) is 0 Å². The van der Waals surface area contributed by atoms with E-state index in [4.69, 9.17) is 15.3 Å². The number of nitrogens with one attached hydrogen (secondary N) is 1. The predicted octanol–water partition coefficient (Wildman–Crippen LogP) is 3.34. The van der Waals surface area contributed by atoms with Crippen LogP contribution in [-0.4, -0.2) is 30.4 Å². The third-order valence-corrected chi connectivity index (χ3v) is 4.99. The second-order valence-corrected chi connectivity index (χ2v) is 6.84. The van der Waals surface area contributed by atoms with Crippen molar-refractivity contribution in [2.45, 2.75) is 24.9 Å². The van der Waals surface area contributed by atoms with Crippen molar-refractivity contribution >= 4 is 23.0 Å². The van der Waals surface area contributed by atoms with Gasteiger partial charge in [-0.05, 0) is 23.8 Å². The van der Waals surface area contributed by atoms with Crippen LogP contribution in [0.1, 0.15) is 19.3 Å². The van der Waals surface area contributed by atoms with Crippen LogP contribution in [0.4, 0.5) is 15.8 Å². The van der Waals surface area contributed by atoms with Crippen molar-refractivity contribution in [2.24, 2.45) is 5.16 Å². The number of benzene rings is 2. The number of oxime groups is 1. The molecule has 0 unspecified atom stereocenters. The molecule has 1 spiro atoms. The standard InChI is InChI=1S/C20H20FN3O3/c21-15-4-2-1-3-14(15)13-5-6-17(16(22)11-13)23-19(25)18-12-20(27-24-18)7-9-26-10-8-20/h1-6,11H,7-10,12,22H2,(H,23,25). The van der Waals surface area contributed by atoms with Gasteiger partial charge in [-0.2, -0.15) is 0 Å².